The minimum Gasteiger partial charge on any atom is -0.454 e. The van der Waals surface area contributed by atoms with Gasteiger partial charge in [0.1, 0.15) is 0 Å². The number of fused-ring (bicyclic) bond motifs is 1. The number of carbonyl (C=O) groups excluding carboxylic acids is 2. The Kier molecular flexibility index (Phi) is 3.46. The van der Waals surface area contributed by atoms with E-state index >= 15 is 0 Å². The quantitative estimate of drug-likeness (QED) is 0.739. The summed E-state index contributed by atoms with van der Waals surface area (Å²) in [6.07, 6.45) is 0. The fourth-order valence-corrected chi connectivity index (χ4v) is 1.71. The molecule has 0 bridgehead atoms. The van der Waals surface area contributed by atoms with Crippen molar-refractivity contribution in [2.75, 3.05) is 33.2 Å². The fourth-order valence-electron chi connectivity index (χ4n) is 1.71. The molecule has 1 aliphatic heterocycles. The smallest absolute Gasteiger partial charge is 0.256 e. The van der Waals surface area contributed by atoms with Crippen molar-refractivity contribution in [2.24, 2.45) is 0 Å². The Hall–Kier alpha value is -2.44. The molecule has 0 saturated carbocycles. The Morgan fingerprint density at radius 2 is 2.00 bits per heavy atom. The number of nitrogens with one attached hydrogen (secondary N) is 1. The van der Waals surface area contributed by atoms with Gasteiger partial charge in [-0.2, -0.15) is 0 Å². The van der Waals surface area contributed by atoms with Gasteiger partial charge in [0.2, 0.25) is 12.7 Å². The van der Waals surface area contributed by atoms with Crippen LogP contribution in [-0.4, -0.2) is 44.1 Å². The molecule has 3 N–H and O–H groups in total. The normalized spacial score (nSPS) is 12.1. The number of benzene rings is 1. The van der Waals surface area contributed by atoms with E-state index in [4.69, 9.17) is 15.2 Å². The van der Waals surface area contributed by atoms with E-state index in [9.17, 15) is 9.59 Å². The van der Waals surface area contributed by atoms with Gasteiger partial charge < -0.3 is 25.4 Å². The van der Waals surface area contributed by atoms with E-state index in [1.54, 1.807) is 6.07 Å². The van der Waals surface area contributed by atoms with E-state index in [-0.39, 0.29) is 36.4 Å². The summed E-state index contributed by atoms with van der Waals surface area (Å²) >= 11 is 0. The fraction of sp³-hybridized carbons (Fsp3) is 0.333. The molecule has 2 rings (SSSR count). The van der Waals surface area contributed by atoms with Crippen LogP contribution in [0.2, 0.25) is 0 Å². The lowest BCUT2D eigenvalue weighted by Crippen LogP contribution is -2.37. The van der Waals surface area contributed by atoms with Gasteiger partial charge in [0, 0.05) is 25.8 Å². The molecule has 0 unspecified atom stereocenters. The first kappa shape index (κ1) is 13.0. The Labute approximate surface area is 110 Å². The Balaban J connectivity index is 2.22. The zero-order chi connectivity index (χ0) is 14.0. The highest BCUT2D eigenvalue weighted by atomic mass is 16.7. The van der Waals surface area contributed by atoms with Crippen molar-refractivity contribution >= 4 is 17.5 Å². The van der Waals surface area contributed by atoms with Gasteiger partial charge in [-0.25, -0.2) is 0 Å². The first-order chi connectivity index (χ1) is 9.02. The van der Waals surface area contributed by atoms with Crippen molar-refractivity contribution in [1.29, 1.82) is 0 Å². The summed E-state index contributed by atoms with van der Waals surface area (Å²) in [7, 11) is 3.04. The van der Waals surface area contributed by atoms with Crippen LogP contribution in [0.3, 0.4) is 0 Å². The van der Waals surface area contributed by atoms with Gasteiger partial charge >= 0.3 is 0 Å². The molecule has 0 fully saturated rings. The molecular weight excluding hydrogens is 250 g/mol. The van der Waals surface area contributed by atoms with Crippen LogP contribution < -0.4 is 20.5 Å². The van der Waals surface area contributed by atoms with Crippen LogP contribution in [0, 0.1) is 0 Å². The number of likely N-dealkylation sites (N-methyl/N-ethyl adjacent to an activating group) is 2. The number of nitrogen functional groups attached to an aromatic ring is 1. The van der Waals surface area contributed by atoms with Crippen molar-refractivity contribution in [2.45, 2.75) is 0 Å². The zero-order valence-corrected chi connectivity index (χ0v) is 10.7. The number of rotatable bonds is 3. The van der Waals surface area contributed by atoms with Crippen LogP contribution in [0.1, 0.15) is 10.4 Å². The van der Waals surface area contributed by atoms with Crippen molar-refractivity contribution in [3.63, 3.8) is 0 Å². The number of nitrogens with zero attached hydrogens (tertiary/aromatic N) is 1. The third kappa shape index (κ3) is 2.54. The maximum atomic E-state index is 12.2. The predicted molar refractivity (Wildman–Crippen MR) is 68.0 cm³/mol. The number of amides is 2. The van der Waals surface area contributed by atoms with Crippen molar-refractivity contribution in [3.8, 4) is 11.5 Å². The summed E-state index contributed by atoms with van der Waals surface area (Å²) in [6.45, 7) is 0.0731. The van der Waals surface area contributed by atoms with Crippen LogP contribution in [0.25, 0.3) is 0 Å². The van der Waals surface area contributed by atoms with Crippen LogP contribution in [0.15, 0.2) is 12.1 Å². The summed E-state index contributed by atoms with van der Waals surface area (Å²) < 4.78 is 10.4. The lowest BCUT2D eigenvalue weighted by Gasteiger charge is -2.17. The summed E-state index contributed by atoms with van der Waals surface area (Å²) in [5.74, 6) is 0.392. The Bertz CT molecular complexity index is 530. The van der Waals surface area contributed by atoms with E-state index in [2.05, 4.69) is 5.32 Å². The van der Waals surface area contributed by atoms with Gasteiger partial charge in [0.25, 0.3) is 5.91 Å². The summed E-state index contributed by atoms with van der Waals surface area (Å²) in [5.41, 5.74) is 6.39. The summed E-state index contributed by atoms with van der Waals surface area (Å²) in [4.78, 5) is 24.7. The van der Waals surface area contributed by atoms with E-state index in [1.807, 2.05) is 0 Å². The van der Waals surface area contributed by atoms with Crippen LogP contribution in [0.5, 0.6) is 11.5 Å². The van der Waals surface area contributed by atoms with E-state index in [0.29, 0.717) is 11.5 Å². The molecule has 1 aromatic carbocycles. The lowest BCUT2D eigenvalue weighted by atomic mass is 10.1. The predicted octanol–water partition coefficient (Wildman–Crippen LogP) is -0.184. The molecule has 0 atom stereocenters. The first-order valence-corrected chi connectivity index (χ1v) is 5.68. The second-order valence-electron chi connectivity index (χ2n) is 4.13. The lowest BCUT2D eigenvalue weighted by molar-refractivity contribution is -0.121. The molecule has 0 radical (unpaired) electrons. The van der Waals surface area contributed by atoms with Crippen LogP contribution in [-0.2, 0) is 4.79 Å². The monoisotopic (exact) mass is 265 g/mol. The summed E-state index contributed by atoms with van der Waals surface area (Å²) in [6, 6.07) is 3.07. The highest BCUT2D eigenvalue weighted by molar-refractivity contribution is 6.01. The molecule has 1 aliphatic rings. The molecule has 0 saturated heterocycles. The molecule has 102 valence electrons. The Morgan fingerprint density at radius 1 is 1.37 bits per heavy atom. The molecule has 2 amide bonds. The highest BCUT2D eigenvalue weighted by Gasteiger charge is 2.22. The number of hydrogen-bond acceptors (Lipinski definition) is 5. The molecule has 1 heterocycles. The van der Waals surface area contributed by atoms with Crippen molar-refractivity contribution in [1.82, 2.24) is 10.2 Å². The van der Waals surface area contributed by atoms with E-state index in [0.717, 1.165) is 0 Å². The molecular formula is C12H15N3O4. The van der Waals surface area contributed by atoms with Crippen molar-refractivity contribution in [3.05, 3.63) is 17.7 Å². The van der Waals surface area contributed by atoms with Crippen LogP contribution >= 0.6 is 0 Å². The molecule has 7 heteroatoms. The average Bonchev–Trinajstić information content (AvgIpc) is 2.83. The maximum Gasteiger partial charge on any atom is 0.256 e. The number of ether oxygens (including phenoxy) is 2. The third-order valence-corrected chi connectivity index (χ3v) is 2.78. The second kappa shape index (κ2) is 5.05. The summed E-state index contributed by atoms with van der Waals surface area (Å²) in [5, 5.41) is 2.45. The van der Waals surface area contributed by atoms with E-state index < -0.39 is 0 Å². The van der Waals surface area contributed by atoms with Gasteiger partial charge in [0.05, 0.1) is 12.1 Å². The number of nitrogens with two attached hydrogens (primary N) is 1. The van der Waals surface area contributed by atoms with Gasteiger partial charge in [-0.15, -0.1) is 0 Å². The van der Waals surface area contributed by atoms with Crippen LogP contribution in [0.4, 0.5) is 5.69 Å². The molecule has 7 nitrogen and oxygen atoms in total. The SMILES string of the molecule is CNC(=O)CN(C)C(=O)c1cc2c(cc1N)OCO2. The zero-order valence-electron chi connectivity index (χ0n) is 10.7. The second-order valence-corrected chi connectivity index (χ2v) is 4.13. The molecule has 1 aromatic rings. The highest BCUT2D eigenvalue weighted by Crippen LogP contribution is 2.36. The minimum absolute atomic E-state index is 0.0385. The van der Waals surface area contributed by atoms with Gasteiger partial charge in [-0.05, 0) is 6.07 Å². The van der Waals surface area contributed by atoms with Gasteiger partial charge in [0.15, 0.2) is 11.5 Å². The average molecular weight is 265 g/mol. The Morgan fingerprint density at radius 3 is 2.63 bits per heavy atom. The van der Waals surface area contributed by atoms with Gasteiger partial charge in [-0.1, -0.05) is 0 Å². The molecule has 0 spiro atoms. The minimum atomic E-state index is -0.348. The van der Waals surface area contributed by atoms with E-state index in [1.165, 1.54) is 25.1 Å². The standard InChI is InChI=1S/C12H15N3O4/c1-14-11(16)5-15(2)12(17)7-3-9-10(4-8(7)13)19-6-18-9/h3-4H,5-6,13H2,1-2H3,(H,14,16). The van der Waals surface area contributed by atoms with Gasteiger partial charge in [-0.3, -0.25) is 9.59 Å². The maximum absolute atomic E-state index is 12.2. The molecule has 0 aliphatic carbocycles. The molecule has 0 aromatic heterocycles. The van der Waals surface area contributed by atoms with Crippen molar-refractivity contribution < 1.29 is 19.1 Å². The first-order valence-electron chi connectivity index (χ1n) is 5.68. The number of hydrogen-bond donors (Lipinski definition) is 2. The third-order valence-electron chi connectivity index (χ3n) is 2.78. The number of carbonyl (C=O) groups is 2. The number of anilines is 1. The molecule has 19 heavy (non-hydrogen) atoms. The topological polar surface area (TPSA) is 93.9 Å². The largest absolute Gasteiger partial charge is 0.454 e.